The maximum atomic E-state index is 11.7. The van der Waals surface area contributed by atoms with Crippen molar-refractivity contribution in [2.45, 2.75) is 24.8 Å². The summed E-state index contributed by atoms with van der Waals surface area (Å²) in [6, 6.07) is 6.75. The third kappa shape index (κ3) is 3.33. The summed E-state index contributed by atoms with van der Waals surface area (Å²) in [6.07, 6.45) is 4.97. The molecule has 20 heavy (non-hydrogen) atoms. The van der Waals surface area contributed by atoms with Crippen LogP contribution in [0, 0.1) is 0 Å². The maximum Gasteiger partial charge on any atom is 0.178 e. The molecule has 1 heterocycles. The molecule has 2 aromatic rings. The van der Waals surface area contributed by atoms with Gasteiger partial charge in [0.1, 0.15) is 0 Å². The largest absolute Gasteiger partial charge is 0.377 e. The van der Waals surface area contributed by atoms with Gasteiger partial charge in [-0.05, 0) is 31.2 Å². The molecular weight excluding hydrogens is 274 g/mol. The first kappa shape index (κ1) is 14.5. The van der Waals surface area contributed by atoms with Gasteiger partial charge in [0, 0.05) is 18.1 Å². The second-order valence-electron chi connectivity index (χ2n) is 4.42. The van der Waals surface area contributed by atoms with Crippen LogP contribution in [0.3, 0.4) is 0 Å². The van der Waals surface area contributed by atoms with Gasteiger partial charge in [0.05, 0.1) is 28.6 Å². The third-order valence-electron chi connectivity index (χ3n) is 3.00. The van der Waals surface area contributed by atoms with E-state index in [-0.39, 0.29) is 11.8 Å². The van der Waals surface area contributed by atoms with Gasteiger partial charge in [-0.2, -0.15) is 0 Å². The van der Waals surface area contributed by atoms with Crippen molar-refractivity contribution in [3.63, 3.8) is 0 Å². The lowest BCUT2D eigenvalue weighted by Gasteiger charge is -2.14. The van der Waals surface area contributed by atoms with E-state index in [2.05, 4.69) is 15.3 Å². The Morgan fingerprint density at radius 1 is 1.20 bits per heavy atom. The van der Waals surface area contributed by atoms with E-state index < -0.39 is 9.84 Å². The van der Waals surface area contributed by atoms with Gasteiger partial charge in [-0.25, -0.2) is 8.42 Å². The normalized spacial score (nSPS) is 12.9. The van der Waals surface area contributed by atoms with Gasteiger partial charge in [-0.15, -0.1) is 0 Å². The quantitative estimate of drug-likeness (QED) is 0.916. The average molecular weight is 291 g/mol. The molecule has 2 rings (SSSR count). The molecule has 1 aromatic carbocycles. The molecule has 0 aliphatic carbocycles. The summed E-state index contributed by atoms with van der Waals surface area (Å²) >= 11 is 0. The van der Waals surface area contributed by atoms with Crippen molar-refractivity contribution in [1.29, 1.82) is 0 Å². The molecule has 1 atom stereocenters. The first-order valence-electron chi connectivity index (χ1n) is 6.38. The Bertz CT molecular complexity index is 655. The molecule has 6 heteroatoms. The molecule has 0 aliphatic rings. The van der Waals surface area contributed by atoms with Crippen molar-refractivity contribution in [3.8, 4) is 0 Å². The van der Waals surface area contributed by atoms with Crippen LogP contribution in [0.2, 0.25) is 0 Å². The van der Waals surface area contributed by atoms with Crippen molar-refractivity contribution in [2.75, 3.05) is 11.1 Å². The highest BCUT2D eigenvalue weighted by Gasteiger charge is 2.11. The highest BCUT2D eigenvalue weighted by Crippen LogP contribution is 2.19. The molecule has 106 valence electrons. The van der Waals surface area contributed by atoms with E-state index in [0.29, 0.717) is 4.90 Å². The molecule has 0 bridgehead atoms. The van der Waals surface area contributed by atoms with Gasteiger partial charge in [0.25, 0.3) is 0 Å². The maximum absolute atomic E-state index is 11.7. The van der Waals surface area contributed by atoms with Gasteiger partial charge in [0.2, 0.25) is 0 Å². The average Bonchev–Trinajstić information content (AvgIpc) is 2.48. The molecule has 0 aliphatic heterocycles. The third-order valence-corrected chi connectivity index (χ3v) is 4.75. The van der Waals surface area contributed by atoms with Crippen molar-refractivity contribution in [2.24, 2.45) is 0 Å². The number of hydrogen-bond donors (Lipinski definition) is 1. The number of rotatable bonds is 5. The van der Waals surface area contributed by atoms with Gasteiger partial charge in [-0.1, -0.05) is 6.92 Å². The Balaban J connectivity index is 2.12. The van der Waals surface area contributed by atoms with Crippen LogP contribution in [0.1, 0.15) is 25.6 Å². The Morgan fingerprint density at radius 3 is 2.45 bits per heavy atom. The number of hydrogen-bond acceptors (Lipinski definition) is 5. The van der Waals surface area contributed by atoms with Gasteiger partial charge in [-0.3, -0.25) is 9.97 Å². The van der Waals surface area contributed by atoms with Gasteiger partial charge >= 0.3 is 0 Å². The van der Waals surface area contributed by atoms with Crippen LogP contribution in [0.4, 0.5) is 5.69 Å². The van der Waals surface area contributed by atoms with E-state index in [1.54, 1.807) is 49.8 Å². The molecule has 0 radical (unpaired) electrons. The van der Waals surface area contributed by atoms with E-state index in [4.69, 9.17) is 0 Å². The van der Waals surface area contributed by atoms with E-state index in [0.717, 1.165) is 11.4 Å². The van der Waals surface area contributed by atoms with E-state index in [9.17, 15) is 8.42 Å². The second kappa shape index (κ2) is 6.00. The van der Waals surface area contributed by atoms with E-state index in [1.807, 2.05) is 6.92 Å². The van der Waals surface area contributed by atoms with Crippen LogP contribution < -0.4 is 5.32 Å². The molecule has 1 aromatic heterocycles. The minimum Gasteiger partial charge on any atom is -0.377 e. The zero-order valence-corrected chi connectivity index (χ0v) is 12.3. The fourth-order valence-corrected chi connectivity index (χ4v) is 2.67. The summed E-state index contributed by atoms with van der Waals surface area (Å²) in [4.78, 5) is 8.59. The minimum atomic E-state index is -3.15. The Kier molecular flexibility index (Phi) is 4.34. The Labute approximate surface area is 119 Å². The van der Waals surface area contributed by atoms with Crippen molar-refractivity contribution < 1.29 is 8.42 Å². The molecule has 1 N–H and O–H groups in total. The molecule has 0 saturated heterocycles. The molecule has 0 fully saturated rings. The van der Waals surface area contributed by atoms with Crippen molar-refractivity contribution >= 4 is 15.5 Å². The molecule has 0 spiro atoms. The smallest absolute Gasteiger partial charge is 0.178 e. The zero-order chi connectivity index (χ0) is 14.6. The summed E-state index contributed by atoms with van der Waals surface area (Å²) < 4.78 is 23.4. The lowest BCUT2D eigenvalue weighted by atomic mass is 10.2. The van der Waals surface area contributed by atoms with Crippen molar-refractivity contribution in [3.05, 3.63) is 48.5 Å². The lowest BCUT2D eigenvalue weighted by molar-refractivity contribution is 0.597. The number of nitrogens with one attached hydrogen (secondary N) is 1. The topological polar surface area (TPSA) is 72.0 Å². The molecular formula is C14H17N3O2S. The van der Waals surface area contributed by atoms with Gasteiger partial charge in [0.15, 0.2) is 9.84 Å². The van der Waals surface area contributed by atoms with Crippen molar-refractivity contribution in [1.82, 2.24) is 9.97 Å². The first-order chi connectivity index (χ1) is 9.53. The fraction of sp³-hybridized carbons (Fsp3) is 0.286. The number of anilines is 1. The molecule has 0 saturated carbocycles. The number of sulfone groups is 1. The number of aromatic nitrogens is 2. The van der Waals surface area contributed by atoms with Crippen LogP contribution in [-0.2, 0) is 9.84 Å². The first-order valence-corrected chi connectivity index (χ1v) is 8.03. The highest BCUT2D eigenvalue weighted by atomic mass is 32.2. The summed E-state index contributed by atoms with van der Waals surface area (Å²) in [5.74, 6) is 0.107. The van der Waals surface area contributed by atoms with E-state index in [1.165, 1.54) is 0 Å². The standard InChI is InChI=1S/C14H17N3O2S/c1-3-20(18,19)13-6-4-12(5-7-13)17-11(2)14-10-15-8-9-16-14/h4-11,17H,3H2,1-2H3. The minimum absolute atomic E-state index is 0.00247. The lowest BCUT2D eigenvalue weighted by Crippen LogP contribution is -2.09. The molecule has 1 unspecified atom stereocenters. The van der Waals surface area contributed by atoms with Crippen LogP contribution in [0.25, 0.3) is 0 Å². The van der Waals surface area contributed by atoms with Gasteiger partial charge < -0.3 is 5.32 Å². The predicted molar refractivity (Wildman–Crippen MR) is 78.2 cm³/mol. The highest BCUT2D eigenvalue weighted by molar-refractivity contribution is 7.91. The molecule has 5 nitrogen and oxygen atoms in total. The number of nitrogens with zero attached hydrogens (tertiary/aromatic N) is 2. The summed E-state index contributed by atoms with van der Waals surface area (Å²) in [6.45, 7) is 3.61. The fourth-order valence-electron chi connectivity index (χ4n) is 1.78. The summed E-state index contributed by atoms with van der Waals surface area (Å²) in [5.41, 5.74) is 1.68. The summed E-state index contributed by atoms with van der Waals surface area (Å²) in [5, 5.41) is 3.26. The number of benzene rings is 1. The second-order valence-corrected chi connectivity index (χ2v) is 6.70. The van der Waals surface area contributed by atoms with Crippen LogP contribution in [0.15, 0.2) is 47.8 Å². The van der Waals surface area contributed by atoms with Crippen LogP contribution in [0.5, 0.6) is 0 Å². The SMILES string of the molecule is CCS(=O)(=O)c1ccc(NC(C)c2cnccn2)cc1. The Morgan fingerprint density at radius 2 is 1.90 bits per heavy atom. The van der Waals surface area contributed by atoms with Crippen LogP contribution >= 0.6 is 0 Å². The molecule has 0 amide bonds. The monoisotopic (exact) mass is 291 g/mol. The predicted octanol–water partition coefficient (Wildman–Crippen LogP) is 2.44. The zero-order valence-electron chi connectivity index (χ0n) is 11.4. The van der Waals surface area contributed by atoms with Crippen LogP contribution in [-0.4, -0.2) is 24.1 Å². The Hall–Kier alpha value is -1.95. The van der Waals surface area contributed by atoms with E-state index >= 15 is 0 Å². The summed E-state index contributed by atoms with van der Waals surface area (Å²) in [7, 11) is -3.15.